The molecule has 0 fully saturated rings. The van der Waals surface area contributed by atoms with Crippen molar-refractivity contribution < 1.29 is 0 Å². The van der Waals surface area contributed by atoms with Gasteiger partial charge in [0.25, 0.3) is 0 Å². The average Bonchev–Trinajstić information content (AvgIpc) is 3.47. The fourth-order valence-corrected chi connectivity index (χ4v) is 4.94. The largest absolute Gasteiger partial charge is 0.266 e. The summed E-state index contributed by atoms with van der Waals surface area (Å²) in [7, 11) is 0. The molecule has 0 amide bonds. The van der Waals surface area contributed by atoms with Crippen LogP contribution in [-0.2, 0) is 18.8 Å². The molecule has 0 saturated heterocycles. The highest BCUT2D eigenvalue weighted by atomic mass is 79.9. The Morgan fingerprint density at radius 2 is 1.45 bits per heavy atom. The van der Waals surface area contributed by atoms with Crippen LogP contribution in [-0.4, -0.2) is 20.6 Å². The number of thioether (sulfide) groups is 1. The molecule has 0 bridgehead atoms. The Bertz CT molecular complexity index is 1230. The van der Waals surface area contributed by atoms with Crippen molar-refractivity contribution in [3.05, 3.63) is 118 Å². The molecule has 0 aliphatic carbocycles. The van der Waals surface area contributed by atoms with E-state index < -0.39 is 0 Å². The summed E-state index contributed by atoms with van der Waals surface area (Å²) < 4.78 is 3.13. The molecule has 1 aliphatic rings. The van der Waals surface area contributed by atoms with Gasteiger partial charge in [-0.1, -0.05) is 88.7 Å². The number of nitrogens with one attached hydrogen (secondary N) is 2. The first-order chi connectivity index (χ1) is 16.3. The Labute approximate surface area is 205 Å². The van der Waals surface area contributed by atoms with Gasteiger partial charge in [0.15, 0.2) is 5.84 Å². The van der Waals surface area contributed by atoms with Crippen LogP contribution in [0.3, 0.4) is 0 Å². The molecule has 5 rings (SSSR count). The Hall–Kier alpha value is -3.07. The molecule has 0 spiro atoms. The van der Waals surface area contributed by atoms with Crippen molar-refractivity contribution in [2.45, 2.75) is 23.9 Å². The molecule has 3 aromatic carbocycles. The summed E-state index contributed by atoms with van der Waals surface area (Å²) in [5.41, 5.74) is 10.7. The fraction of sp³-hybridized carbons (Fsp3) is 0.120. The third-order valence-electron chi connectivity index (χ3n) is 5.28. The topological polar surface area (TPSA) is 57.5 Å². The normalized spacial score (nSPS) is 13.1. The van der Waals surface area contributed by atoms with Crippen LogP contribution in [0.2, 0.25) is 0 Å². The van der Waals surface area contributed by atoms with Crippen LogP contribution in [0.5, 0.6) is 0 Å². The van der Waals surface area contributed by atoms with Gasteiger partial charge < -0.3 is 0 Å². The second-order valence-corrected chi connectivity index (χ2v) is 9.53. The lowest BCUT2D eigenvalue weighted by Crippen LogP contribution is -2.40. The summed E-state index contributed by atoms with van der Waals surface area (Å²) in [6, 6.07) is 29.2. The lowest BCUT2D eigenvalue weighted by Gasteiger charge is -2.19. The maximum absolute atomic E-state index is 4.75. The van der Waals surface area contributed by atoms with E-state index in [-0.39, 0.29) is 0 Å². The summed E-state index contributed by atoms with van der Waals surface area (Å²) in [5.74, 6) is 1.68. The van der Waals surface area contributed by atoms with Crippen molar-refractivity contribution in [2.24, 2.45) is 5.10 Å². The predicted octanol–water partition coefficient (Wildman–Crippen LogP) is 5.17. The molecule has 0 radical (unpaired) electrons. The van der Waals surface area contributed by atoms with E-state index in [9.17, 15) is 0 Å². The number of hydrogen-bond donors (Lipinski definition) is 2. The van der Waals surface area contributed by atoms with Crippen molar-refractivity contribution in [1.82, 2.24) is 25.9 Å². The standard InChI is InChI=1S/C25H23BrN6S/c26-22-13-11-20(12-14-22)16-31-24(28-29-30-31)23-15-27-32(17-19-7-3-1-4-8-19)25(23)33-18-21-9-5-2-6-10-21/h1-15,29-30H,16-18H2. The van der Waals surface area contributed by atoms with Gasteiger partial charge in [-0.3, -0.25) is 9.69 Å². The Morgan fingerprint density at radius 1 is 0.788 bits per heavy atom. The molecule has 166 valence electrons. The number of aromatic nitrogens is 2. The Kier molecular flexibility index (Phi) is 6.76. The van der Waals surface area contributed by atoms with Crippen molar-refractivity contribution in [2.75, 3.05) is 0 Å². The first-order valence-electron chi connectivity index (χ1n) is 10.6. The van der Waals surface area contributed by atoms with Crippen molar-refractivity contribution in [3.63, 3.8) is 0 Å². The number of rotatable bonds is 8. The maximum Gasteiger partial charge on any atom is 0.177 e. The van der Waals surface area contributed by atoms with Gasteiger partial charge in [-0.25, -0.2) is 5.53 Å². The van der Waals surface area contributed by atoms with Crippen LogP contribution in [0.1, 0.15) is 22.3 Å². The van der Waals surface area contributed by atoms with Gasteiger partial charge in [0.2, 0.25) is 0 Å². The molecular weight excluding hydrogens is 496 g/mol. The molecular formula is C25H23BrN6S. The minimum atomic E-state index is 0.672. The Balaban J connectivity index is 1.43. The molecule has 0 atom stereocenters. The lowest BCUT2D eigenvalue weighted by molar-refractivity contribution is 0.288. The van der Waals surface area contributed by atoms with Crippen molar-refractivity contribution in [1.29, 1.82) is 0 Å². The first-order valence-corrected chi connectivity index (χ1v) is 12.4. The van der Waals surface area contributed by atoms with E-state index in [2.05, 4.69) is 110 Å². The zero-order valence-electron chi connectivity index (χ0n) is 17.9. The number of hydrazone groups is 1. The van der Waals surface area contributed by atoms with Gasteiger partial charge in [-0.15, -0.1) is 22.4 Å². The van der Waals surface area contributed by atoms with E-state index in [0.29, 0.717) is 13.1 Å². The van der Waals surface area contributed by atoms with E-state index in [0.717, 1.165) is 26.7 Å². The van der Waals surface area contributed by atoms with E-state index in [1.807, 2.05) is 23.3 Å². The molecule has 0 unspecified atom stereocenters. The van der Waals surface area contributed by atoms with E-state index in [1.165, 1.54) is 16.7 Å². The number of amidine groups is 1. The van der Waals surface area contributed by atoms with Gasteiger partial charge in [0.1, 0.15) is 5.03 Å². The van der Waals surface area contributed by atoms with Crippen molar-refractivity contribution in [3.8, 4) is 0 Å². The van der Waals surface area contributed by atoms with Crippen LogP contribution in [0, 0.1) is 0 Å². The number of nitrogens with zero attached hydrogens (tertiary/aromatic N) is 4. The molecule has 2 N–H and O–H groups in total. The van der Waals surface area contributed by atoms with Gasteiger partial charge in [-0.2, -0.15) is 5.10 Å². The minimum absolute atomic E-state index is 0.672. The summed E-state index contributed by atoms with van der Waals surface area (Å²) in [4.78, 5) is 0. The van der Waals surface area contributed by atoms with Crippen LogP contribution >= 0.6 is 27.7 Å². The minimum Gasteiger partial charge on any atom is -0.266 e. The second-order valence-electron chi connectivity index (χ2n) is 7.65. The number of halogens is 1. The number of hydrogen-bond acceptors (Lipinski definition) is 6. The summed E-state index contributed by atoms with van der Waals surface area (Å²) >= 11 is 5.28. The highest BCUT2D eigenvalue weighted by molar-refractivity contribution is 9.10. The van der Waals surface area contributed by atoms with Crippen molar-refractivity contribution >= 4 is 33.5 Å². The van der Waals surface area contributed by atoms with Crippen LogP contribution in [0.15, 0.2) is 106 Å². The van der Waals surface area contributed by atoms with E-state index in [4.69, 9.17) is 5.10 Å². The summed E-state index contributed by atoms with van der Waals surface area (Å²) in [6.45, 7) is 1.38. The summed E-state index contributed by atoms with van der Waals surface area (Å²) in [6.07, 6.45) is 1.92. The lowest BCUT2D eigenvalue weighted by atomic mass is 10.2. The fourth-order valence-electron chi connectivity index (χ4n) is 3.62. The number of benzene rings is 3. The van der Waals surface area contributed by atoms with Gasteiger partial charge in [0, 0.05) is 10.2 Å². The highest BCUT2D eigenvalue weighted by Gasteiger charge is 2.25. The second kappa shape index (κ2) is 10.2. The third kappa shape index (κ3) is 5.30. The third-order valence-corrected chi connectivity index (χ3v) is 6.99. The predicted molar refractivity (Wildman–Crippen MR) is 136 cm³/mol. The van der Waals surface area contributed by atoms with Crippen LogP contribution in [0.25, 0.3) is 0 Å². The van der Waals surface area contributed by atoms with Gasteiger partial charge >= 0.3 is 0 Å². The quantitative estimate of drug-likeness (QED) is 0.315. The van der Waals surface area contributed by atoms with Crippen LogP contribution < -0.4 is 11.1 Å². The zero-order chi connectivity index (χ0) is 22.5. The monoisotopic (exact) mass is 518 g/mol. The highest BCUT2D eigenvalue weighted by Crippen LogP contribution is 2.29. The Morgan fingerprint density at radius 3 is 2.18 bits per heavy atom. The number of hydrazine groups is 2. The summed E-state index contributed by atoms with van der Waals surface area (Å²) in [5, 5.41) is 12.4. The molecule has 1 aromatic heterocycles. The molecule has 0 saturated carbocycles. The molecule has 1 aliphatic heterocycles. The van der Waals surface area contributed by atoms with Gasteiger partial charge in [-0.05, 0) is 28.8 Å². The molecule has 33 heavy (non-hydrogen) atoms. The van der Waals surface area contributed by atoms with Crippen LogP contribution in [0.4, 0.5) is 0 Å². The smallest absolute Gasteiger partial charge is 0.177 e. The molecule has 8 heteroatoms. The van der Waals surface area contributed by atoms with Gasteiger partial charge in [0.05, 0.1) is 24.8 Å². The first kappa shape index (κ1) is 21.8. The molecule has 2 heterocycles. The van der Waals surface area contributed by atoms with E-state index >= 15 is 0 Å². The zero-order valence-corrected chi connectivity index (χ0v) is 20.3. The molecule has 4 aromatic rings. The average molecular weight is 519 g/mol. The SMILES string of the molecule is Brc1ccc(CN2NNN=C2c2cnn(Cc3ccccc3)c2SCc2ccccc2)cc1. The maximum atomic E-state index is 4.75. The molecule has 6 nitrogen and oxygen atoms in total. The van der Waals surface area contributed by atoms with E-state index in [1.54, 1.807) is 11.8 Å².